The number of carbonyl (C=O) groups excluding carboxylic acids is 1. The van der Waals surface area contributed by atoms with E-state index < -0.39 is 0 Å². The largest absolute Gasteiger partial charge is 0.369 e. The van der Waals surface area contributed by atoms with Gasteiger partial charge in [0.15, 0.2) is 11.5 Å². The Morgan fingerprint density at radius 2 is 1.69 bits per heavy atom. The second-order valence-corrected chi connectivity index (χ2v) is 6.89. The lowest BCUT2D eigenvalue weighted by Crippen LogP contribution is -2.44. The third kappa shape index (κ3) is 4.70. The van der Waals surface area contributed by atoms with E-state index in [1.807, 2.05) is 26.0 Å². The van der Waals surface area contributed by atoms with Crippen molar-refractivity contribution in [3.8, 4) is 0 Å². The van der Waals surface area contributed by atoms with Gasteiger partial charge in [-0.05, 0) is 57.3 Å². The van der Waals surface area contributed by atoms with Crippen LogP contribution in [0.4, 0.5) is 17.2 Å². The second kappa shape index (κ2) is 8.14. The summed E-state index contributed by atoms with van der Waals surface area (Å²) in [5.41, 5.74) is 2.49. The maximum absolute atomic E-state index is 11.9. The Bertz CT molecular complexity index is 721. The van der Waals surface area contributed by atoms with Crippen molar-refractivity contribution >= 4 is 23.1 Å². The zero-order valence-corrected chi connectivity index (χ0v) is 15.6. The number of rotatable bonds is 5. The maximum Gasteiger partial charge on any atom is 0.271 e. The standard InChI is InChI=1S/C19H26N6O/c1-14(2)20-19(26)17-8-9-18(23-22-17)21-15-4-6-16(7-5-15)25-12-10-24(3)11-13-25/h4-9,14H,10-13H2,1-3H3,(H,20,26)(H,21,23). The number of hydrogen-bond donors (Lipinski definition) is 2. The Morgan fingerprint density at radius 3 is 2.27 bits per heavy atom. The number of carbonyl (C=O) groups is 1. The summed E-state index contributed by atoms with van der Waals surface area (Å²) >= 11 is 0. The zero-order chi connectivity index (χ0) is 18.5. The molecule has 0 saturated carbocycles. The molecule has 3 rings (SSSR count). The summed E-state index contributed by atoms with van der Waals surface area (Å²) in [6.45, 7) is 8.10. The van der Waals surface area contributed by atoms with Gasteiger partial charge in [-0.3, -0.25) is 4.79 Å². The first-order valence-corrected chi connectivity index (χ1v) is 8.96. The predicted molar refractivity (Wildman–Crippen MR) is 104 cm³/mol. The van der Waals surface area contributed by atoms with Crippen LogP contribution in [0.5, 0.6) is 0 Å². The normalized spacial score (nSPS) is 15.2. The molecule has 138 valence electrons. The highest BCUT2D eigenvalue weighted by Gasteiger charge is 2.14. The first-order valence-electron chi connectivity index (χ1n) is 8.96. The Hall–Kier alpha value is -2.67. The monoisotopic (exact) mass is 354 g/mol. The lowest BCUT2D eigenvalue weighted by atomic mass is 10.2. The quantitative estimate of drug-likeness (QED) is 0.857. The highest BCUT2D eigenvalue weighted by molar-refractivity contribution is 5.92. The van der Waals surface area contributed by atoms with Gasteiger partial charge in [0.1, 0.15) is 0 Å². The van der Waals surface area contributed by atoms with Crippen LogP contribution in [-0.2, 0) is 0 Å². The van der Waals surface area contributed by atoms with Crippen molar-refractivity contribution in [3.63, 3.8) is 0 Å². The van der Waals surface area contributed by atoms with Crippen LogP contribution in [0.2, 0.25) is 0 Å². The van der Waals surface area contributed by atoms with E-state index in [-0.39, 0.29) is 11.9 Å². The summed E-state index contributed by atoms with van der Waals surface area (Å²) in [7, 11) is 2.16. The molecule has 1 saturated heterocycles. The molecular formula is C19H26N6O. The van der Waals surface area contributed by atoms with Crippen molar-refractivity contribution in [3.05, 3.63) is 42.1 Å². The van der Waals surface area contributed by atoms with E-state index in [0.29, 0.717) is 11.5 Å². The molecule has 7 heteroatoms. The number of aromatic nitrogens is 2. The predicted octanol–water partition coefficient (Wildman–Crippen LogP) is 2.11. The van der Waals surface area contributed by atoms with Gasteiger partial charge in [0, 0.05) is 43.6 Å². The van der Waals surface area contributed by atoms with Gasteiger partial charge in [-0.2, -0.15) is 0 Å². The van der Waals surface area contributed by atoms with Crippen LogP contribution in [0, 0.1) is 0 Å². The van der Waals surface area contributed by atoms with Gasteiger partial charge in [0.25, 0.3) is 5.91 Å². The van der Waals surface area contributed by atoms with Crippen LogP contribution in [0.15, 0.2) is 36.4 Å². The lowest BCUT2D eigenvalue weighted by Gasteiger charge is -2.34. The van der Waals surface area contributed by atoms with E-state index in [1.54, 1.807) is 12.1 Å². The minimum atomic E-state index is -0.212. The zero-order valence-electron chi connectivity index (χ0n) is 15.6. The summed E-state index contributed by atoms with van der Waals surface area (Å²) in [6, 6.07) is 11.8. The molecular weight excluding hydrogens is 328 g/mol. The molecule has 1 aliphatic heterocycles. The minimum Gasteiger partial charge on any atom is -0.369 e. The number of nitrogens with zero attached hydrogens (tertiary/aromatic N) is 4. The van der Waals surface area contributed by atoms with E-state index in [2.05, 4.69) is 49.8 Å². The van der Waals surface area contributed by atoms with E-state index in [0.717, 1.165) is 31.9 Å². The van der Waals surface area contributed by atoms with Crippen molar-refractivity contribution in [2.24, 2.45) is 0 Å². The topological polar surface area (TPSA) is 73.4 Å². The molecule has 1 aromatic heterocycles. The molecule has 1 amide bonds. The third-order valence-electron chi connectivity index (χ3n) is 4.33. The Morgan fingerprint density at radius 1 is 1.00 bits per heavy atom. The molecule has 0 unspecified atom stereocenters. The Kier molecular flexibility index (Phi) is 5.68. The highest BCUT2D eigenvalue weighted by Crippen LogP contribution is 2.21. The van der Waals surface area contributed by atoms with Gasteiger partial charge >= 0.3 is 0 Å². The molecule has 2 N–H and O–H groups in total. The van der Waals surface area contributed by atoms with E-state index in [4.69, 9.17) is 0 Å². The maximum atomic E-state index is 11.9. The van der Waals surface area contributed by atoms with Crippen LogP contribution < -0.4 is 15.5 Å². The van der Waals surface area contributed by atoms with Crippen molar-refractivity contribution < 1.29 is 4.79 Å². The summed E-state index contributed by atoms with van der Waals surface area (Å²) in [5.74, 6) is 0.397. The van der Waals surface area contributed by atoms with Crippen molar-refractivity contribution in [1.82, 2.24) is 20.4 Å². The molecule has 0 radical (unpaired) electrons. The molecule has 2 heterocycles. The molecule has 1 fully saturated rings. The van der Waals surface area contributed by atoms with Gasteiger partial charge in [-0.15, -0.1) is 10.2 Å². The molecule has 1 aromatic carbocycles. The fourth-order valence-electron chi connectivity index (χ4n) is 2.82. The van der Waals surface area contributed by atoms with Gasteiger partial charge in [0.05, 0.1) is 0 Å². The fourth-order valence-corrected chi connectivity index (χ4v) is 2.82. The average molecular weight is 354 g/mol. The minimum absolute atomic E-state index is 0.0703. The van der Waals surface area contributed by atoms with Gasteiger partial charge in [0.2, 0.25) is 0 Å². The number of piperazine rings is 1. The van der Waals surface area contributed by atoms with Gasteiger partial charge < -0.3 is 20.4 Å². The fraction of sp³-hybridized carbons (Fsp3) is 0.421. The third-order valence-corrected chi connectivity index (χ3v) is 4.33. The summed E-state index contributed by atoms with van der Waals surface area (Å²) < 4.78 is 0. The lowest BCUT2D eigenvalue weighted by molar-refractivity contribution is 0.0937. The van der Waals surface area contributed by atoms with E-state index in [1.165, 1.54) is 5.69 Å². The molecule has 1 aliphatic rings. The highest BCUT2D eigenvalue weighted by atomic mass is 16.2. The van der Waals surface area contributed by atoms with Crippen molar-refractivity contribution in [2.45, 2.75) is 19.9 Å². The number of amides is 1. The molecule has 26 heavy (non-hydrogen) atoms. The van der Waals surface area contributed by atoms with E-state index >= 15 is 0 Å². The second-order valence-electron chi connectivity index (χ2n) is 6.89. The molecule has 0 aliphatic carbocycles. The van der Waals surface area contributed by atoms with Crippen LogP contribution >= 0.6 is 0 Å². The summed E-state index contributed by atoms with van der Waals surface area (Å²) in [6.07, 6.45) is 0. The Balaban J connectivity index is 1.59. The number of nitrogens with one attached hydrogen (secondary N) is 2. The van der Waals surface area contributed by atoms with Gasteiger partial charge in [-0.25, -0.2) is 0 Å². The number of hydrogen-bond acceptors (Lipinski definition) is 6. The number of anilines is 3. The smallest absolute Gasteiger partial charge is 0.271 e. The Labute approximate surface area is 154 Å². The molecule has 0 spiro atoms. The van der Waals surface area contributed by atoms with Crippen LogP contribution in [0.3, 0.4) is 0 Å². The number of likely N-dealkylation sites (N-methyl/N-ethyl adjacent to an activating group) is 1. The molecule has 7 nitrogen and oxygen atoms in total. The molecule has 2 aromatic rings. The van der Waals surface area contributed by atoms with Crippen LogP contribution in [-0.4, -0.2) is 60.3 Å². The van der Waals surface area contributed by atoms with Gasteiger partial charge in [-0.1, -0.05) is 0 Å². The van der Waals surface area contributed by atoms with E-state index in [9.17, 15) is 4.79 Å². The SMILES string of the molecule is CC(C)NC(=O)c1ccc(Nc2ccc(N3CCN(C)CC3)cc2)nn1. The summed E-state index contributed by atoms with van der Waals surface area (Å²) in [4.78, 5) is 16.6. The molecule has 0 bridgehead atoms. The molecule has 0 atom stereocenters. The van der Waals surface area contributed by atoms with Crippen molar-refractivity contribution in [2.75, 3.05) is 43.4 Å². The first-order chi connectivity index (χ1) is 12.5. The average Bonchev–Trinajstić information content (AvgIpc) is 2.63. The number of benzene rings is 1. The first kappa shape index (κ1) is 18.1. The van der Waals surface area contributed by atoms with Crippen molar-refractivity contribution in [1.29, 1.82) is 0 Å². The summed E-state index contributed by atoms with van der Waals surface area (Å²) in [5, 5.41) is 14.1. The van der Waals surface area contributed by atoms with Crippen LogP contribution in [0.25, 0.3) is 0 Å². The van der Waals surface area contributed by atoms with Crippen LogP contribution in [0.1, 0.15) is 24.3 Å².